The van der Waals surface area contributed by atoms with Crippen molar-refractivity contribution in [2.75, 3.05) is 13.1 Å². The first-order valence-corrected chi connectivity index (χ1v) is 10.7. The van der Waals surface area contributed by atoms with Crippen molar-refractivity contribution >= 4 is 16.9 Å². The molecular weight excluding hydrogens is 360 g/mol. The average molecular weight is 391 g/mol. The lowest BCUT2D eigenvalue weighted by molar-refractivity contribution is 0.0749. The van der Waals surface area contributed by atoms with E-state index >= 15 is 0 Å². The molecule has 152 valence electrons. The number of aryl methyl sites for hydroxylation is 1. The van der Waals surface area contributed by atoms with Crippen molar-refractivity contribution < 1.29 is 4.79 Å². The minimum absolute atomic E-state index is 0.0998. The molecule has 1 aliphatic rings. The van der Waals surface area contributed by atoms with Crippen molar-refractivity contribution in [3.05, 3.63) is 47.7 Å². The second-order valence-corrected chi connectivity index (χ2v) is 8.54. The molecular formula is C24H30N4O. The second-order valence-electron chi connectivity index (χ2n) is 8.54. The molecule has 3 aromatic rings. The quantitative estimate of drug-likeness (QED) is 0.554. The monoisotopic (exact) mass is 390 g/mol. The van der Waals surface area contributed by atoms with Gasteiger partial charge in [-0.15, -0.1) is 0 Å². The molecule has 4 rings (SSSR count). The third-order valence-corrected chi connectivity index (χ3v) is 5.59. The van der Waals surface area contributed by atoms with Gasteiger partial charge < -0.3 is 4.90 Å². The standard InChI is InChI=1S/C24H30N4O/c1-5-12-27(15-18-8-9-18)24(29)20-13-22(19-10-6-17(4)7-11-19)26-23-21(20)14-25-28(23)16(2)3/h6-7,10-11,13-14,16,18H,5,8-9,12,15H2,1-4H3. The highest BCUT2D eigenvalue weighted by molar-refractivity contribution is 6.06. The van der Waals surface area contributed by atoms with Gasteiger partial charge in [-0.25, -0.2) is 9.67 Å². The molecule has 1 amide bonds. The Bertz CT molecular complexity index is 1020. The van der Waals surface area contributed by atoms with Crippen LogP contribution in [0.25, 0.3) is 22.3 Å². The van der Waals surface area contributed by atoms with E-state index in [2.05, 4.69) is 57.1 Å². The van der Waals surface area contributed by atoms with Gasteiger partial charge in [-0.1, -0.05) is 36.8 Å². The highest BCUT2D eigenvalue weighted by Crippen LogP contribution is 2.32. The lowest BCUT2D eigenvalue weighted by atomic mass is 10.0. The van der Waals surface area contributed by atoms with Gasteiger partial charge in [0.15, 0.2) is 5.65 Å². The zero-order valence-corrected chi connectivity index (χ0v) is 17.9. The minimum atomic E-state index is 0.0998. The molecule has 0 saturated heterocycles. The van der Waals surface area contributed by atoms with Crippen LogP contribution >= 0.6 is 0 Å². The number of carbonyl (C=O) groups is 1. The molecule has 0 unspecified atom stereocenters. The third kappa shape index (κ3) is 4.04. The number of benzene rings is 1. The van der Waals surface area contributed by atoms with Gasteiger partial charge in [0.2, 0.25) is 0 Å². The zero-order valence-electron chi connectivity index (χ0n) is 17.9. The van der Waals surface area contributed by atoms with Crippen molar-refractivity contribution in [3.8, 4) is 11.3 Å². The predicted molar refractivity (Wildman–Crippen MR) is 117 cm³/mol. The topological polar surface area (TPSA) is 51.0 Å². The van der Waals surface area contributed by atoms with Crippen molar-refractivity contribution in [2.45, 2.75) is 53.0 Å². The van der Waals surface area contributed by atoms with Gasteiger partial charge >= 0.3 is 0 Å². The van der Waals surface area contributed by atoms with Crippen LogP contribution in [0.5, 0.6) is 0 Å². The van der Waals surface area contributed by atoms with Gasteiger partial charge in [-0.3, -0.25) is 4.79 Å². The van der Waals surface area contributed by atoms with Crippen LogP contribution in [0.15, 0.2) is 36.5 Å². The van der Waals surface area contributed by atoms with Crippen LogP contribution in [0.1, 0.15) is 62.0 Å². The summed E-state index contributed by atoms with van der Waals surface area (Å²) in [7, 11) is 0. The fourth-order valence-electron chi connectivity index (χ4n) is 3.77. The third-order valence-electron chi connectivity index (χ3n) is 5.59. The zero-order chi connectivity index (χ0) is 20.5. The number of rotatable bonds is 7. The number of hydrogen-bond donors (Lipinski definition) is 0. The van der Waals surface area contributed by atoms with Gasteiger partial charge in [0.25, 0.3) is 5.91 Å². The van der Waals surface area contributed by atoms with Crippen molar-refractivity contribution in [3.63, 3.8) is 0 Å². The van der Waals surface area contributed by atoms with E-state index in [9.17, 15) is 4.79 Å². The maximum atomic E-state index is 13.6. The van der Waals surface area contributed by atoms with Crippen molar-refractivity contribution in [2.24, 2.45) is 5.92 Å². The minimum Gasteiger partial charge on any atom is -0.338 e. The van der Waals surface area contributed by atoms with E-state index in [4.69, 9.17) is 4.98 Å². The Morgan fingerprint density at radius 2 is 1.97 bits per heavy atom. The van der Waals surface area contributed by atoms with E-state index < -0.39 is 0 Å². The lowest BCUT2D eigenvalue weighted by Crippen LogP contribution is -2.33. The first-order valence-electron chi connectivity index (χ1n) is 10.7. The van der Waals surface area contributed by atoms with E-state index in [1.165, 1.54) is 18.4 Å². The fourth-order valence-corrected chi connectivity index (χ4v) is 3.77. The molecule has 0 spiro atoms. The maximum absolute atomic E-state index is 13.6. The first-order chi connectivity index (χ1) is 14.0. The van der Waals surface area contributed by atoms with Crippen LogP contribution in [-0.2, 0) is 0 Å². The Morgan fingerprint density at radius 3 is 2.59 bits per heavy atom. The van der Waals surface area contributed by atoms with E-state index in [-0.39, 0.29) is 11.9 Å². The molecule has 1 aliphatic carbocycles. The molecule has 1 saturated carbocycles. The van der Waals surface area contributed by atoms with Gasteiger partial charge in [-0.05, 0) is 52.0 Å². The molecule has 5 heteroatoms. The number of carbonyl (C=O) groups excluding carboxylic acids is 1. The van der Waals surface area contributed by atoms with E-state index in [1.54, 1.807) is 6.20 Å². The van der Waals surface area contributed by atoms with Crippen LogP contribution in [0.3, 0.4) is 0 Å². The van der Waals surface area contributed by atoms with Crippen LogP contribution < -0.4 is 0 Å². The SMILES string of the molecule is CCCN(CC1CC1)C(=O)c1cc(-c2ccc(C)cc2)nc2c1cnn2C(C)C. The molecule has 2 heterocycles. The summed E-state index contributed by atoms with van der Waals surface area (Å²) in [6, 6.07) is 10.4. The van der Waals surface area contributed by atoms with Gasteiger partial charge in [0.05, 0.1) is 22.8 Å². The van der Waals surface area contributed by atoms with E-state index in [1.807, 2.05) is 15.6 Å². The molecule has 1 fully saturated rings. The fraction of sp³-hybridized carbons (Fsp3) is 0.458. The summed E-state index contributed by atoms with van der Waals surface area (Å²) in [6.45, 7) is 10.0. The molecule has 1 aromatic carbocycles. The Hall–Kier alpha value is -2.69. The summed E-state index contributed by atoms with van der Waals surface area (Å²) >= 11 is 0. The van der Waals surface area contributed by atoms with Crippen LogP contribution in [-0.4, -0.2) is 38.7 Å². The van der Waals surface area contributed by atoms with Gasteiger partial charge in [0, 0.05) is 24.7 Å². The summed E-state index contributed by atoms with van der Waals surface area (Å²) in [5.74, 6) is 0.764. The summed E-state index contributed by atoms with van der Waals surface area (Å²) < 4.78 is 1.91. The largest absolute Gasteiger partial charge is 0.338 e. The van der Waals surface area contributed by atoms with Crippen LogP contribution in [0.4, 0.5) is 0 Å². The molecule has 0 radical (unpaired) electrons. The Labute approximate surface area is 172 Å². The smallest absolute Gasteiger partial charge is 0.254 e. The first kappa shape index (κ1) is 19.6. The number of fused-ring (bicyclic) bond motifs is 1. The summed E-state index contributed by atoms with van der Waals surface area (Å²) in [5, 5.41) is 5.39. The Kier molecular flexibility index (Phi) is 5.39. The second kappa shape index (κ2) is 7.97. The van der Waals surface area contributed by atoms with Crippen molar-refractivity contribution in [1.29, 1.82) is 0 Å². The van der Waals surface area contributed by atoms with E-state index in [0.29, 0.717) is 11.5 Å². The molecule has 0 aliphatic heterocycles. The number of pyridine rings is 1. The normalized spacial score (nSPS) is 14.0. The highest BCUT2D eigenvalue weighted by Gasteiger charge is 2.28. The van der Waals surface area contributed by atoms with Crippen LogP contribution in [0.2, 0.25) is 0 Å². The summed E-state index contributed by atoms with van der Waals surface area (Å²) in [5.41, 5.74) is 4.55. The lowest BCUT2D eigenvalue weighted by Gasteiger charge is -2.23. The van der Waals surface area contributed by atoms with Crippen molar-refractivity contribution in [1.82, 2.24) is 19.7 Å². The number of hydrogen-bond acceptors (Lipinski definition) is 3. The van der Waals surface area contributed by atoms with Gasteiger partial charge in [-0.2, -0.15) is 5.10 Å². The molecule has 5 nitrogen and oxygen atoms in total. The predicted octanol–water partition coefficient (Wildman–Crippen LogP) is 5.25. The molecule has 0 N–H and O–H groups in total. The molecule has 29 heavy (non-hydrogen) atoms. The Balaban J connectivity index is 1.84. The number of aromatic nitrogens is 3. The van der Waals surface area contributed by atoms with Gasteiger partial charge in [0.1, 0.15) is 0 Å². The summed E-state index contributed by atoms with van der Waals surface area (Å²) in [4.78, 5) is 20.5. The number of nitrogens with zero attached hydrogens (tertiary/aromatic N) is 4. The Morgan fingerprint density at radius 1 is 1.24 bits per heavy atom. The van der Waals surface area contributed by atoms with E-state index in [0.717, 1.165) is 41.8 Å². The average Bonchev–Trinajstić information content (AvgIpc) is 3.42. The molecule has 0 atom stereocenters. The maximum Gasteiger partial charge on any atom is 0.254 e. The highest BCUT2D eigenvalue weighted by atomic mass is 16.2. The molecule has 0 bridgehead atoms. The molecule has 2 aromatic heterocycles. The number of amides is 1. The summed E-state index contributed by atoms with van der Waals surface area (Å²) in [6.07, 6.45) is 5.23. The van der Waals surface area contributed by atoms with Crippen LogP contribution in [0, 0.1) is 12.8 Å².